The summed E-state index contributed by atoms with van der Waals surface area (Å²) in [5.74, 6) is 0.918. The molecule has 1 unspecified atom stereocenters. The molecule has 2 aliphatic rings. The van der Waals surface area contributed by atoms with Crippen molar-refractivity contribution in [2.75, 3.05) is 32.0 Å². The molecule has 0 bridgehead atoms. The molecule has 0 aromatic carbocycles. The second kappa shape index (κ2) is 9.30. The number of hydrogen-bond donors (Lipinski definition) is 2. The van der Waals surface area contributed by atoms with Gasteiger partial charge in [0.15, 0.2) is 5.82 Å². The van der Waals surface area contributed by atoms with E-state index < -0.39 is 19.1 Å². The Morgan fingerprint density at radius 3 is 2.88 bits per heavy atom. The summed E-state index contributed by atoms with van der Waals surface area (Å²) in [5, 5.41) is 10.6. The molecule has 2 aliphatic heterocycles. The molecule has 1 fully saturated rings. The number of hydrogen-bond acceptors (Lipinski definition) is 7. The average molecular weight is 473 g/mol. The fourth-order valence-electron chi connectivity index (χ4n) is 4.61. The van der Waals surface area contributed by atoms with Crippen LogP contribution >= 0.6 is 0 Å². The van der Waals surface area contributed by atoms with E-state index in [9.17, 15) is 13.2 Å². The lowest BCUT2D eigenvalue weighted by molar-refractivity contribution is 0.141. The van der Waals surface area contributed by atoms with Crippen molar-refractivity contribution < 1.29 is 13.2 Å². The van der Waals surface area contributed by atoms with Gasteiger partial charge in [0.25, 0.3) is 6.43 Å². The Labute approximate surface area is 195 Å². The van der Waals surface area contributed by atoms with Gasteiger partial charge in [-0.05, 0) is 32.5 Å². The first-order valence-electron chi connectivity index (χ1n) is 11.4. The molecule has 5 heterocycles. The zero-order chi connectivity index (χ0) is 23.8. The van der Waals surface area contributed by atoms with Crippen molar-refractivity contribution in [1.29, 1.82) is 0 Å². The molecule has 0 amide bonds. The molecule has 5 rings (SSSR count). The Kier molecular flexibility index (Phi) is 6.22. The molecule has 180 valence electrons. The highest BCUT2D eigenvalue weighted by atomic mass is 19.3. The maximum absolute atomic E-state index is 14.4. The smallest absolute Gasteiger partial charge is 0.250 e. The van der Waals surface area contributed by atoms with Crippen molar-refractivity contribution in [1.82, 2.24) is 29.8 Å². The summed E-state index contributed by atoms with van der Waals surface area (Å²) in [7, 11) is 1.91. The molecule has 8 nitrogen and oxygen atoms in total. The number of pyridine rings is 1. The van der Waals surface area contributed by atoms with Gasteiger partial charge in [0.05, 0.1) is 24.3 Å². The van der Waals surface area contributed by atoms with E-state index in [1.165, 1.54) is 0 Å². The number of halogens is 3. The third-order valence-electron chi connectivity index (χ3n) is 6.37. The molecule has 3 atom stereocenters. The molecule has 0 saturated carbocycles. The van der Waals surface area contributed by atoms with Crippen LogP contribution in [0, 0.1) is 0 Å². The van der Waals surface area contributed by atoms with Crippen LogP contribution in [0.3, 0.4) is 0 Å². The van der Waals surface area contributed by atoms with Gasteiger partial charge in [-0.25, -0.2) is 32.6 Å². The van der Waals surface area contributed by atoms with Gasteiger partial charge in [-0.3, -0.25) is 0 Å². The van der Waals surface area contributed by atoms with Crippen LogP contribution in [0.2, 0.25) is 0 Å². The molecule has 3 aromatic rings. The van der Waals surface area contributed by atoms with E-state index in [1.807, 2.05) is 37.2 Å². The van der Waals surface area contributed by atoms with Crippen LogP contribution in [-0.4, -0.2) is 75.5 Å². The zero-order valence-electron chi connectivity index (χ0n) is 19.0. The van der Waals surface area contributed by atoms with E-state index in [1.54, 1.807) is 16.9 Å². The molecule has 2 N–H and O–H groups in total. The number of nitrogens with zero attached hydrogens (tertiary/aromatic N) is 6. The van der Waals surface area contributed by atoms with Gasteiger partial charge >= 0.3 is 0 Å². The minimum absolute atomic E-state index is 0.280. The summed E-state index contributed by atoms with van der Waals surface area (Å²) in [6.45, 7) is 2.68. The normalized spacial score (nSPS) is 23.2. The highest BCUT2D eigenvalue weighted by molar-refractivity contribution is 5.88. The van der Waals surface area contributed by atoms with E-state index in [0.717, 1.165) is 34.5 Å². The van der Waals surface area contributed by atoms with Crippen molar-refractivity contribution >= 4 is 23.0 Å². The first-order chi connectivity index (χ1) is 16.4. The van der Waals surface area contributed by atoms with Crippen LogP contribution in [0.5, 0.6) is 0 Å². The van der Waals surface area contributed by atoms with Crippen molar-refractivity contribution in [3.8, 4) is 11.1 Å². The molecule has 1 saturated heterocycles. The number of rotatable bonds is 6. The third-order valence-corrected chi connectivity index (χ3v) is 6.37. The van der Waals surface area contributed by atoms with Crippen LogP contribution in [0.15, 0.2) is 35.7 Å². The van der Waals surface area contributed by atoms with Crippen LogP contribution < -0.4 is 10.6 Å². The summed E-state index contributed by atoms with van der Waals surface area (Å²) >= 11 is 0. The van der Waals surface area contributed by atoms with Gasteiger partial charge in [-0.15, -0.1) is 5.10 Å². The second-order valence-electron chi connectivity index (χ2n) is 9.00. The van der Waals surface area contributed by atoms with E-state index in [4.69, 9.17) is 0 Å². The van der Waals surface area contributed by atoms with Crippen molar-refractivity contribution in [3.05, 3.63) is 36.3 Å². The maximum Gasteiger partial charge on any atom is 0.250 e. The fraction of sp³-hybridized carbons (Fsp3) is 0.478. The number of fused-ring (bicyclic) bond motifs is 2. The Balaban J connectivity index is 1.41. The first-order valence-corrected chi connectivity index (χ1v) is 11.4. The van der Waals surface area contributed by atoms with Crippen LogP contribution in [0.1, 0.15) is 31.4 Å². The summed E-state index contributed by atoms with van der Waals surface area (Å²) in [5.41, 5.74) is 4.09. The summed E-state index contributed by atoms with van der Waals surface area (Å²) in [6.07, 6.45) is 3.04. The number of anilines is 1. The van der Waals surface area contributed by atoms with Gasteiger partial charge in [0.2, 0.25) is 5.95 Å². The highest BCUT2D eigenvalue weighted by Gasteiger charge is 2.28. The molecule has 34 heavy (non-hydrogen) atoms. The Hall–Kier alpha value is -3.05. The van der Waals surface area contributed by atoms with Gasteiger partial charge < -0.3 is 15.5 Å². The van der Waals surface area contributed by atoms with Crippen molar-refractivity contribution in [2.24, 2.45) is 4.99 Å². The minimum atomic E-state index is -2.43. The SMILES string of the molecule is CC1=Nc2ncc(-c3ccn4nc(N[C@H]5CCN(C)C[C@@H]5F)ncc34)cc2C(NCC(F)F)C1. The quantitative estimate of drug-likeness (QED) is 0.570. The summed E-state index contributed by atoms with van der Waals surface area (Å²) in [6, 6.07) is 3.24. The van der Waals surface area contributed by atoms with Gasteiger partial charge in [-0.2, -0.15) is 0 Å². The predicted octanol–water partition coefficient (Wildman–Crippen LogP) is 3.64. The Morgan fingerprint density at radius 1 is 1.24 bits per heavy atom. The van der Waals surface area contributed by atoms with Gasteiger partial charge in [0, 0.05) is 60.3 Å². The second-order valence-corrected chi connectivity index (χ2v) is 9.00. The van der Waals surface area contributed by atoms with Crippen LogP contribution in [0.4, 0.5) is 24.9 Å². The maximum atomic E-state index is 14.4. The number of alkyl halides is 3. The molecular formula is C23H27F3N8. The largest absolute Gasteiger partial charge is 0.347 e. The number of likely N-dealkylation sites (tertiary alicyclic amines) is 1. The first kappa shape index (κ1) is 22.7. The van der Waals surface area contributed by atoms with Gasteiger partial charge in [-0.1, -0.05) is 0 Å². The van der Waals surface area contributed by atoms with E-state index in [2.05, 4.69) is 30.7 Å². The van der Waals surface area contributed by atoms with E-state index in [0.29, 0.717) is 31.2 Å². The third kappa shape index (κ3) is 4.62. The number of aromatic nitrogens is 4. The van der Waals surface area contributed by atoms with Crippen LogP contribution in [-0.2, 0) is 0 Å². The van der Waals surface area contributed by atoms with Gasteiger partial charge in [0.1, 0.15) is 6.17 Å². The number of piperidine rings is 1. The standard InChI is InChI=1S/C23H27F3N8/c1-13-7-19(27-11-21(25)26)16-8-14(9-28-22(16)30-13)15-3-6-34-20(15)10-29-23(32-34)31-18-4-5-33(2)12-17(18)24/h3,6,8-10,17-19,21,27H,4-5,7,11-12H2,1-2H3,(H,31,32)/t17-,18-,19?/m0/s1. The molecule has 0 radical (unpaired) electrons. The Morgan fingerprint density at radius 2 is 2.09 bits per heavy atom. The molecule has 0 aliphatic carbocycles. The molecule has 11 heteroatoms. The van der Waals surface area contributed by atoms with E-state index >= 15 is 0 Å². The van der Waals surface area contributed by atoms with Crippen LogP contribution in [0.25, 0.3) is 16.6 Å². The number of aliphatic imine (C=N–C) groups is 1. The predicted molar refractivity (Wildman–Crippen MR) is 125 cm³/mol. The number of nitrogens with one attached hydrogen (secondary N) is 2. The average Bonchev–Trinajstić information content (AvgIpc) is 3.22. The molecular weight excluding hydrogens is 445 g/mol. The highest BCUT2D eigenvalue weighted by Crippen LogP contribution is 2.35. The lowest BCUT2D eigenvalue weighted by Gasteiger charge is -2.32. The summed E-state index contributed by atoms with van der Waals surface area (Å²) in [4.78, 5) is 15.4. The lowest BCUT2D eigenvalue weighted by Crippen LogP contribution is -2.46. The monoisotopic (exact) mass is 472 g/mol. The van der Waals surface area contributed by atoms with Crippen molar-refractivity contribution in [2.45, 2.75) is 44.4 Å². The van der Waals surface area contributed by atoms with Crippen molar-refractivity contribution in [3.63, 3.8) is 0 Å². The Bertz CT molecular complexity index is 1210. The fourth-order valence-corrected chi connectivity index (χ4v) is 4.61. The topological polar surface area (TPSA) is 82.7 Å². The summed E-state index contributed by atoms with van der Waals surface area (Å²) < 4.78 is 41.7. The van der Waals surface area contributed by atoms with E-state index in [-0.39, 0.29) is 12.1 Å². The zero-order valence-corrected chi connectivity index (χ0v) is 19.0. The minimum Gasteiger partial charge on any atom is -0.347 e. The molecule has 0 spiro atoms. The molecule has 3 aromatic heterocycles. The lowest BCUT2D eigenvalue weighted by atomic mass is 9.96.